The molecule has 1 aliphatic carbocycles. The number of hydrogen-bond donors (Lipinski definition) is 2. The van der Waals surface area contributed by atoms with Crippen molar-refractivity contribution in [2.75, 3.05) is 5.32 Å². The molecule has 0 heterocycles. The van der Waals surface area contributed by atoms with Crippen molar-refractivity contribution in [2.45, 2.75) is 18.4 Å². The van der Waals surface area contributed by atoms with Crippen molar-refractivity contribution < 1.29 is 9.72 Å². The molecule has 6 nitrogen and oxygen atoms in total. The first kappa shape index (κ1) is 11.8. The predicted octanol–water partition coefficient (Wildman–Crippen LogP) is 1.68. The minimum absolute atomic E-state index is 0.122. The molecular weight excluding hydrogens is 246 g/mol. The highest BCUT2D eigenvalue weighted by atomic mass is 35.5. The zero-order chi connectivity index (χ0) is 12.6. The van der Waals surface area contributed by atoms with Crippen LogP contribution in [-0.4, -0.2) is 16.4 Å². The van der Waals surface area contributed by atoms with E-state index < -0.39 is 10.5 Å². The number of benzene rings is 1. The third-order valence-electron chi connectivity index (χ3n) is 2.65. The number of halogens is 1. The highest BCUT2D eigenvalue weighted by Gasteiger charge is 2.46. The van der Waals surface area contributed by atoms with Crippen LogP contribution in [-0.2, 0) is 4.79 Å². The molecule has 3 N–H and O–H groups in total. The van der Waals surface area contributed by atoms with Gasteiger partial charge in [0, 0.05) is 12.1 Å². The molecule has 90 valence electrons. The standard InChI is InChI=1S/C10H10ClN3O3/c11-7-5-6(14(16)17)1-2-8(7)13-9(15)10(12)3-4-10/h1-2,5H,3-4,12H2,(H,13,15). The molecule has 0 unspecified atom stereocenters. The summed E-state index contributed by atoms with van der Waals surface area (Å²) in [6, 6.07) is 3.86. The number of nitrogens with zero attached hydrogens (tertiary/aromatic N) is 1. The first-order chi connectivity index (χ1) is 7.92. The molecule has 17 heavy (non-hydrogen) atoms. The number of anilines is 1. The van der Waals surface area contributed by atoms with Crippen molar-refractivity contribution in [2.24, 2.45) is 5.73 Å². The highest BCUT2D eigenvalue weighted by Crippen LogP contribution is 2.34. The summed E-state index contributed by atoms with van der Waals surface area (Å²) < 4.78 is 0. The second kappa shape index (κ2) is 3.97. The Balaban J connectivity index is 2.17. The molecule has 1 aromatic rings. The normalized spacial score (nSPS) is 16.4. The van der Waals surface area contributed by atoms with Crippen LogP contribution in [0.2, 0.25) is 5.02 Å². The summed E-state index contributed by atoms with van der Waals surface area (Å²) in [5.74, 6) is -0.312. The van der Waals surface area contributed by atoms with Crippen LogP contribution in [0.25, 0.3) is 0 Å². The van der Waals surface area contributed by atoms with Crippen LogP contribution in [0.5, 0.6) is 0 Å². The average Bonchev–Trinajstić information content (AvgIpc) is 3.00. The fourth-order valence-corrected chi connectivity index (χ4v) is 1.55. The quantitative estimate of drug-likeness (QED) is 0.634. The third-order valence-corrected chi connectivity index (χ3v) is 2.97. The number of rotatable bonds is 3. The lowest BCUT2D eigenvalue weighted by atomic mass is 10.2. The van der Waals surface area contributed by atoms with E-state index in [0.717, 1.165) is 0 Å². The summed E-state index contributed by atoms with van der Waals surface area (Å²) in [7, 11) is 0. The monoisotopic (exact) mass is 255 g/mol. The van der Waals surface area contributed by atoms with Crippen LogP contribution < -0.4 is 11.1 Å². The second-order valence-corrected chi connectivity index (χ2v) is 4.44. The van der Waals surface area contributed by atoms with Gasteiger partial charge in [0.05, 0.1) is 21.2 Å². The lowest BCUT2D eigenvalue weighted by molar-refractivity contribution is -0.384. The van der Waals surface area contributed by atoms with Gasteiger partial charge >= 0.3 is 0 Å². The van der Waals surface area contributed by atoms with E-state index in [1.807, 2.05) is 0 Å². The van der Waals surface area contributed by atoms with Crippen LogP contribution in [0.3, 0.4) is 0 Å². The molecule has 2 rings (SSSR count). The maximum absolute atomic E-state index is 11.6. The molecule has 1 aromatic carbocycles. The van der Waals surface area contributed by atoms with Gasteiger partial charge in [-0.15, -0.1) is 0 Å². The van der Waals surface area contributed by atoms with E-state index in [-0.39, 0.29) is 16.6 Å². The topological polar surface area (TPSA) is 98.3 Å². The van der Waals surface area contributed by atoms with Gasteiger partial charge in [-0.05, 0) is 18.9 Å². The highest BCUT2D eigenvalue weighted by molar-refractivity contribution is 6.34. The van der Waals surface area contributed by atoms with Gasteiger partial charge in [0.1, 0.15) is 0 Å². The number of nitro benzene ring substituents is 1. The van der Waals surface area contributed by atoms with E-state index in [1.54, 1.807) is 0 Å². The molecule has 7 heteroatoms. The zero-order valence-electron chi connectivity index (χ0n) is 8.77. The maximum Gasteiger partial charge on any atom is 0.271 e. The molecule has 0 bridgehead atoms. The Bertz CT molecular complexity index is 500. The number of nitrogens with one attached hydrogen (secondary N) is 1. The van der Waals surface area contributed by atoms with Crippen molar-refractivity contribution in [1.29, 1.82) is 0 Å². The van der Waals surface area contributed by atoms with E-state index in [4.69, 9.17) is 17.3 Å². The molecule has 0 aromatic heterocycles. The van der Waals surface area contributed by atoms with Crippen molar-refractivity contribution in [3.05, 3.63) is 33.3 Å². The molecule has 0 radical (unpaired) electrons. The largest absolute Gasteiger partial charge is 0.323 e. The summed E-state index contributed by atoms with van der Waals surface area (Å²) in [5.41, 5.74) is 5.11. The first-order valence-electron chi connectivity index (χ1n) is 4.97. The minimum atomic E-state index is -0.800. The molecule has 1 fully saturated rings. The van der Waals surface area contributed by atoms with Gasteiger partial charge in [-0.3, -0.25) is 14.9 Å². The Labute approximate surface area is 102 Å². The number of hydrogen-bond acceptors (Lipinski definition) is 4. The van der Waals surface area contributed by atoms with Crippen molar-refractivity contribution in [3.8, 4) is 0 Å². The third kappa shape index (κ3) is 2.37. The molecule has 0 spiro atoms. The smallest absolute Gasteiger partial charge is 0.271 e. The summed E-state index contributed by atoms with van der Waals surface area (Å²) in [4.78, 5) is 21.6. The molecule has 1 amide bonds. The van der Waals surface area contributed by atoms with E-state index in [0.29, 0.717) is 18.5 Å². The number of carbonyl (C=O) groups excluding carboxylic acids is 1. The summed E-state index contributed by atoms with van der Waals surface area (Å²) in [6.07, 6.45) is 1.28. The molecule has 0 aliphatic heterocycles. The lowest BCUT2D eigenvalue weighted by Crippen LogP contribution is -2.37. The molecule has 0 saturated heterocycles. The fraction of sp³-hybridized carbons (Fsp3) is 0.300. The van der Waals surface area contributed by atoms with Gasteiger partial charge in [0.25, 0.3) is 5.69 Å². The SMILES string of the molecule is NC1(C(=O)Nc2ccc([N+](=O)[O-])cc2Cl)CC1. The van der Waals surface area contributed by atoms with E-state index in [1.165, 1.54) is 18.2 Å². The number of carbonyl (C=O) groups is 1. The van der Waals surface area contributed by atoms with E-state index in [9.17, 15) is 14.9 Å². The molecule has 0 atom stereocenters. The molecular formula is C10H10ClN3O3. The van der Waals surface area contributed by atoms with Gasteiger partial charge in [-0.25, -0.2) is 0 Å². The predicted molar refractivity (Wildman–Crippen MR) is 62.9 cm³/mol. The molecule has 1 saturated carbocycles. The first-order valence-corrected chi connectivity index (χ1v) is 5.34. The lowest BCUT2D eigenvalue weighted by Gasteiger charge is -2.10. The summed E-state index contributed by atoms with van der Waals surface area (Å²) >= 11 is 5.83. The Morgan fingerprint density at radius 3 is 2.65 bits per heavy atom. The van der Waals surface area contributed by atoms with Crippen molar-refractivity contribution >= 4 is 28.9 Å². The van der Waals surface area contributed by atoms with Crippen LogP contribution in [0.15, 0.2) is 18.2 Å². The van der Waals surface area contributed by atoms with Crippen LogP contribution in [0.4, 0.5) is 11.4 Å². The Morgan fingerprint density at radius 2 is 2.18 bits per heavy atom. The minimum Gasteiger partial charge on any atom is -0.323 e. The Kier molecular flexibility index (Phi) is 2.76. The average molecular weight is 256 g/mol. The van der Waals surface area contributed by atoms with Crippen LogP contribution >= 0.6 is 11.6 Å². The number of nitro groups is 1. The van der Waals surface area contributed by atoms with Crippen molar-refractivity contribution in [1.82, 2.24) is 0 Å². The maximum atomic E-state index is 11.6. The van der Waals surface area contributed by atoms with E-state index >= 15 is 0 Å². The summed E-state index contributed by atoms with van der Waals surface area (Å²) in [6.45, 7) is 0. The fourth-order valence-electron chi connectivity index (χ4n) is 1.33. The van der Waals surface area contributed by atoms with Gasteiger partial charge < -0.3 is 11.1 Å². The zero-order valence-corrected chi connectivity index (χ0v) is 9.53. The van der Waals surface area contributed by atoms with Crippen LogP contribution in [0.1, 0.15) is 12.8 Å². The summed E-state index contributed by atoms with van der Waals surface area (Å²) in [5, 5.41) is 13.2. The van der Waals surface area contributed by atoms with Gasteiger partial charge in [-0.2, -0.15) is 0 Å². The number of amides is 1. The van der Waals surface area contributed by atoms with Crippen LogP contribution in [0, 0.1) is 10.1 Å². The number of non-ortho nitro benzene ring substituents is 1. The van der Waals surface area contributed by atoms with Gasteiger partial charge in [-0.1, -0.05) is 11.6 Å². The Morgan fingerprint density at radius 1 is 1.53 bits per heavy atom. The van der Waals surface area contributed by atoms with Gasteiger partial charge in [0.2, 0.25) is 5.91 Å². The molecule has 1 aliphatic rings. The van der Waals surface area contributed by atoms with Gasteiger partial charge in [0.15, 0.2) is 0 Å². The Hall–Kier alpha value is -1.66. The second-order valence-electron chi connectivity index (χ2n) is 4.03. The van der Waals surface area contributed by atoms with E-state index in [2.05, 4.69) is 5.32 Å². The van der Waals surface area contributed by atoms with Crippen molar-refractivity contribution in [3.63, 3.8) is 0 Å². The number of nitrogens with two attached hydrogens (primary N) is 1.